The summed E-state index contributed by atoms with van der Waals surface area (Å²) in [6.45, 7) is 2.67. The van der Waals surface area contributed by atoms with Gasteiger partial charge in [-0.2, -0.15) is 0 Å². The Balaban J connectivity index is 2.60. The van der Waals surface area contributed by atoms with E-state index in [-0.39, 0.29) is 0 Å². The van der Waals surface area contributed by atoms with Crippen molar-refractivity contribution in [3.05, 3.63) is 24.3 Å². The first kappa shape index (κ1) is 11.9. The van der Waals surface area contributed by atoms with E-state index in [2.05, 4.69) is 6.92 Å². The van der Waals surface area contributed by atoms with Crippen molar-refractivity contribution in [2.45, 2.75) is 19.8 Å². The van der Waals surface area contributed by atoms with Crippen LogP contribution in [0.1, 0.15) is 19.8 Å². The highest BCUT2D eigenvalue weighted by Gasteiger charge is 2.14. The van der Waals surface area contributed by atoms with Gasteiger partial charge in [-0.3, -0.25) is 0 Å². The van der Waals surface area contributed by atoms with Gasteiger partial charge in [-0.05, 0) is 18.6 Å². The third-order valence-corrected chi connectivity index (χ3v) is 1.84. The molecule has 0 spiro atoms. The van der Waals surface area contributed by atoms with Gasteiger partial charge in [0.2, 0.25) is 0 Å². The van der Waals surface area contributed by atoms with Crippen molar-refractivity contribution in [1.29, 1.82) is 0 Å². The van der Waals surface area contributed by atoms with Crippen LogP contribution >= 0.6 is 0 Å². The number of hydrogen-bond donors (Lipinski definition) is 2. The van der Waals surface area contributed by atoms with Gasteiger partial charge in [0, 0.05) is 0 Å². The van der Waals surface area contributed by atoms with Gasteiger partial charge in [0.05, 0.1) is 6.61 Å². The predicted molar refractivity (Wildman–Crippen MR) is 57.7 cm³/mol. The molecule has 0 heterocycles. The minimum atomic E-state index is -1.82. The first-order chi connectivity index (χ1) is 7.24. The molecule has 0 aliphatic heterocycles. The largest absolute Gasteiger partial charge is 0.707 e. The summed E-state index contributed by atoms with van der Waals surface area (Å²) in [5, 5.41) is 17.4. The van der Waals surface area contributed by atoms with Crippen molar-refractivity contribution in [3.8, 4) is 11.5 Å². The van der Waals surface area contributed by atoms with Crippen LogP contribution in [0.4, 0.5) is 0 Å². The van der Waals surface area contributed by atoms with E-state index in [1.165, 1.54) is 0 Å². The number of unbranched alkanes of at least 4 members (excludes halogenated alkanes) is 1. The molecule has 0 fully saturated rings. The summed E-state index contributed by atoms with van der Waals surface area (Å²) in [6.07, 6.45) is 2.00. The predicted octanol–water partition coefficient (Wildman–Crippen LogP) is 1.21. The van der Waals surface area contributed by atoms with Crippen molar-refractivity contribution in [2.75, 3.05) is 6.61 Å². The molecule has 0 bridgehead atoms. The summed E-state index contributed by atoms with van der Waals surface area (Å²) in [6, 6.07) is 6.90. The molecule has 0 atom stereocenters. The van der Waals surface area contributed by atoms with E-state index in [1.54, 1.807) is 24.3 Å². The van der Waals surface area contributed by atoms with E-state index in [4.69, 9.17) is 19.4 Å². The number of rotatable bonds is 6. The van der Waals surface area contributed by atoms with Crippen LogP contribution in [0.15, 0.2) is 24.3 Å². The van der Waals surface area contributed by atoms with E-state index < -0.39 is 7.32 Å². The number of ether oxygens (including phenoxy) is 1. The average Bonchev–Trinajstić information content (AvgIpc) is 2.20. The van der Waals surface area contributed by atoms with Crippen LogP contribution in [0.25, 0.3) is 0 Å². The van der Waals surface area contributed by atoms with Gasteiger partial charge in [-0.25, -0.2) is 0 Å². The highest BCUT2D eigenvalue weighted by Crippen LogP contribution is 2.26. The molecule has 0 unspecified atom stereocenters. The van der Waals surface area contributed by atoms with Gasteiger partial charge in [0.15, 0.2) is 5.75 Å². The molecule has 0 aliphatic carbocycles. The lowest BCUT2D eigenvalue weighted by molar-refractivity contribution is 0.264. The average molecular weight is 210 g/mol. The lowest BCUT2D eigenvalue weighted by Gasteiger charge is -2.11. The molecule has 1 aromatic carbocycles. The maximum Gasteiger partial charge on any atom is 0.707 e. The van der Waals surface area contributed by atoms with Crippen LogP contribution < -0.4 is 9.39 Å². The molecule has 0 radical (unpaired) electrons. The van der Waals surface area contributed by atoms with Gasteiger partial charge in [-0.1, -0.05) is 25.5 Å². The molecule has 15 heavy (non-hydrogen) atoms. The molecule has 82 valence electrons. The molecule has 0 amide bonds. The maximum atomic E-state index is 8.68. The SMILES string of the molecule is CCCCOc1ccccc1OB(O)O. The summed E-state index contributed by atoms with van der Waals surface area (Å²) >= 11 is 0. The van der Waals surface area contributed by atoms with Crippen molar-refractivity contribution in [3.63, 3.8) is 0 Å². The standard InChI is InChI=1S/C10H15BO4/c1-2-3-8-14-9-6-4-5-7-10(9)15-11(12)13/h4-7,12-13H,2-3,8H2,1H3. The minimum Gasteiger partial charge on any atom is -0.509 e. The molecule has 0 aliphatic rings. The van der Waals surface area contributed by atoms with E-state index >= 15 is 0 Å². The number of para-hydroxylation sites is 2. The number of hydrogen-bond acceptors (Lipinski definition) is 4. The fraction of sp³-hybridized carbons (Fsp3) is 0.400. The second-order valence-corrected chi connectivity index (χ2v) is 3.09. The van der Waals surface area contributed by atoms with Crippen molar-refractivity contribution >= 4 is 7.32 Å². The van der Waals surface area contributed by atoms with Gasteiger partial charge in [-0.15, -0.1) is 0 Å². The summed E-state index contributed by atoms with van der Waals surface area (Å²) in [7, 11) is -1.82. The molecule has 5 heteroatoms. The van der Waals surface area contributed by atoms with Crippen LogP contribution in [0.3, 0.4) is 0 Å². The van der Waals surface area contributed by atoms with E-state index in [9.17, 15) is 0 Å². The lowest BCUT2D eigenvalue weighted by atomic mass is 10.2. The van der Waals surface area contributed by atoms with Crippen molar-refractivity contribution in [2.24, 2.45) is 0 Å². The van der Waals surface area contributed by atoms with E-state index in [0.29, 0.717) is 18.1 Å². The van der Waals surface area contributed by atoms with Crippen LogP contribution in [0, 0.1) is 0 Å². The molecule has 1 rings (SSSR count). The fourth-order valence-electron chi connectivity index (χ4n) is 1.11. The Labute approximate surface area is 89.6 Å². The third kappa shape index (κ3) is 4.23. The Morgan fingerprint density at radius 2 is 1.87 bits per heavy atom. The van der Waals surface area contributed by atoms with Gasteiger partial charge < -0.3 is 19.4 Å². The lowest BCUT2D eigenvalue weighted by Crippen LogP contribution is -2.21. The van der Waals surface area contributed by atoms with Crippen molar-refractivity contribution < 1.29 is 19.4 Å². The van der Waals surface area contributed by atoms with Crippen molar-refractivity contribution in [1.82, 2.24) is 0 Å². The Morgan fingerprint density at radius 3 is 2.47 bits per heavy atom. The minimum absolute atomic E-state index is 0.337. The van der Waals surface area contributed by atoms with Crippen LogP contribution in [0.5, 0.6) is 11.5 Å². The molecule has 1 aromatic rings. The van der Waals surface area contributed by atoms with E-state index in [1.807, 2.05) is 0 Å². The highest BCUT2D eigenvalue weighted by atomic mass is 16.6. The van der Waals surface area contributed by atoms with Gasteiger partial charge in [0.1, 0.15) is 5.75 Å². The van der Waals surface area contributed by atoms with Crippen LogP contribution in [-0.4, -0.2) is 24.0 Å². The normalized spacial score (nSPS) is 9.80. The highest BCUT2D eigenvalue weighted by molar-refractivity contribution is 6.33. The topological polar surface area (TPSA) is 58.9 Å². The zero-order chi connectivity index (χ0) is 11.1. The summed E-state index contributed by atoms with van der Waals surface area (Å²) in [5.41, 5.74) is 0. The monoisotopic (exact) mass is 210 g/mol. The maximum absolute atomic E-state index is 8.68. The fourth-order valence-corrected chi connectivity index (χ4v) is 1.11. The Morgan fingerprint density at radius 1 is 1.20 bits per heavy atom. The molecular formula is C10H15BO4. The first-order valence-corrected chi connectivity index (χ1v) is 4.98. The molecule has 2 N–H and O–H groups in total. The molecule has 4 nitrogen and oxygen atoms in total. The molecule has 0 saturated heterocycles. The quantitative estimate of drug-likeness (QED) is 0.547. The third-order valence-electron chi connectivity index (χ3n) is 1.84. The summed E-state index contributed by atoms with van der Waals surface area (Å²) in [4.78, 5) is 0. The van der Waals surface area contributed by atoms with Crippen LogP contribution in [0.2, 0.25) is 0 Å². The van der Waals surface area contributed by atoms with E-state index in [0.717, 1.165) is 12.8 Å². The molecule has 0 saturated carbocycles. The number of benzene rings is 1. The zero-order valence-electron chi connectivity index (χ0n) is 8.72. The summed E-state index contributed by atoms with van der Waals surface area (Å²) < 4.78 is 10.2. The molecular weight excluding hydrogens is 195 g/mol. The van der Waals surface area contributed by atoms with Crippen LogP contribution in [-0.2, 0) is 0 Å². The Bertz CT molecular complexity index is 291. The zero-order valence-corrected chi connectivity index (χ0v) is 8.72. The van der Waals surface area contributed by atoms with Gasteiger partial charge >= 0.3 is 7.32 Å². The van der Waals surface area contributed by atoms with Gasteiger partial charge in [0.25, 0.3) is 0 Å². The molecule has 0 aromatic heterocycles. The Kier molecular flexibility index (Phi) is 5.00. The Hall–Kier alpha value is -1.20. The summed E-state index contributed by atoms with van der Waals surface area (Å²) in [5.74, 6) is 0.864. The second kappa shape index (κ2) is 6.32. The first-order valence-electron chi connectivity index (χ1n) is 4.98. The second-order valence-electron chi connectivity index (χ2n) is 3.09. The smallest absolute Gasteiger partial charge is 0.509 e.